The summed E-state index contributed by atoms with van der Waals surface area (Å²) < 4.78 is 10.5. The van der Waals surface area contributed by atoms with Gasteiger partial charge >= 0.3 is 0 Å². The van der Waals surface area contributed by atoms with Crippen molar-refractivity contribution in [3.63, 3.8) is 0 Å². The number of fused-ring (bicyclic) bond motifs is 2. The van der Waals surface area contributed by atoms with Crippen LogP contribution in [0.15, 0.2) is 78.9 Å². The number of allylic oxidation sites excluding steroid dienone is 1. The zero-order valence-corrected chi connectivity index (χ0v) is 21.4. The molecule has 5 rings (SSSR count). The fourth-order valence-electron chi connectivity index (χ4n) is 4.00. The predicted octanol–water partition coefficient (Wildman–Crippen LogP) is 6.92. The number of pyridine rings is 1. The maximum Gasteiger partial charge on any atom is 0.265 e. The molecule has 3 aromatic carbocycles. The van der Waals surface area contributed by atoms with Crippen LogP contribution in [-0.2, 0) is 0 Å². The maximum absolute atomic E-state index is 12.9. The lowest BCUT2D eigenvalue weighted by atomic mass is 10.1. The van der Waals surface area contributed by atoms with Crippen molar-refractivity contribution in [3.05, 3.63) is 100 Å². The zero-order chi connectivity index (χ0) is 25.9. The van der Waals surface area contributed by atoms with Crippen molar-refractivity contribution in [2.75, 3.05) is 19.5 Å². The second-order valence-corrected chi connectivity index (χ2v) is 9.56. The van der Waals surface area contributed by atoms with Crippen LogP contribution >= 0.6 is 11.3 Å². The van der Waals surface area contributed by atoms with Gasteiger partial charge in [0.15, 0.2) is 17.3 Å². The molecule has 0 aliphatic carbocycles. The molecule has 0 fully saturated rings. The van der Waals surface area contributed by atoms with Crippen LogP contribution in [0, 0.1) is 6.92 Å². The van der Waals surface area contributed by atoms with Crippen LogP contribution < -0.4 is 14.8 Å². The number of carbonyl (C=O) groups is 2. The number of ketones is 1. The van der Waals surface area contributed by atoms with E-state index in [1.165, 1.54) is 23.0 Å². The van der Waals surface area contributed by atoms with Gasteiger partial charge in [-0.15, -0.1) is 11.3 Å². The van der Waals surface area contributed by atoms with E-state index in [4.69, 9.17) is 14.5 Å². The summed E-state index contributed by atoms with van der Waals surface area (Å²) in [6, 6.07) is 22.3. The van der Waals surface area contributed by atoms with Gasteiger partial charge in [-0.25, -0.2) is 4.98 Å². The molecule has 0 aliphatic rings. The van der Waals surface area contributed by atoms with E-state index >= 15 is 0 Å². The Kier molecular flexibility index (Phi) is 6.70. The summed E-state index contributed by atoms with van der Waals surface area (Å²) in [6.45, 7) is 2.05. The van der Waals surface area contributed by atoms with E-state index in [9.17, 15) is 9.59 Å². The summed E-state index contributed by atoms with van der Waals surface area (Å²) in [7, 11) is 3.14. The average Bonchev–Trinajstić information content (AvgIpc) is 3.33. The van der Waals surface area contributed by atoms with Crippen LogP contribution in [0.1, 0.15) is 31.2 Å². The van der Waals surface area contributed by atoms with Crippen molar-refractivity contribution in [1.29, 1.82) is 0 Å². The molecule has 0 saturated heterocycles. The van der Waals surface area contributed by atoms with Gasteiger partial charge in [0.25, 0.3) is 5.91 Å². The number of rotatable bonds is 7. The highest BCUT2D eigenvalue weighted by Crippen LogP contribution is 2.29. The summed E-state index contributed by atoms with van der Waals surface area (Å²) in [5, 5.41) is 4.90. The predicted molar refractivity (Wildman–Crippen MR) is 149 cm³/mol. The topological polar surface area (TPSA) is 77.5 Å². The molecule has 2 heterocycles. The molecule has 0 unspecified atom stereocenters. The van der Waals surface area contributed by atoms with Gasteiger partial charge in [-0.05, 0) is 79.2 Å². The zero-order valence-electron chi connectivity index (χ0n) is 20.6. The molecule has 0 radical (unpaired) electrons. The van der Waals surface area contributed by atoms with Gasteiger partial charge in [0.05, 0.1) is 24.6 Å². The molecule has 1 N–H and O–H groups in total. The number of nitrogens with one attached hydrogen (secondary N) is 1. The van der Waals surface area contributed by atoms with Crippen LogP contribution in [0.2, 0.25) is 0 Å². The number of benzene rings is 3. The Morgan fingerprint density at radius 3 is 2.41 bits per heavy atom. The Balaban J connectivity index is 1.27. The number of methoxy groups -OCH3 is 2. The lowest BCUT2D eigenvalue weighted by Gasteiger charge is -2.07. The third-order valence-electron chi connectivity index (χ3n) is 5.94. The van der Waals surface area contributed by atoms with Crippen molar-refractivity contribution in [2.24, 2.45) is 0 Å². The number of nitrogens with zero attached hydrogens (tertiary/aromatic N) is 1. The number of hydrogen-bond donors (Lipinski definition) is 1. The molecule has 6 nitrogen and oxygen atoms in total. The highest BCUT2D eigenvalue weighted by atomic mass is 32.1. The minimum absolute atomic E-state index is 0.148. The Morgan fingerprint density at radius 2 is 1.65 bits per heavy atom. The van der Waals surface area contributed by atoms with Crippen molar-refractivity contribution >= 4 is 55.9 Å². The SMILES string of the molecule is COc1ccc(/C=C/C(=O)c2ccc(NC(=O)c3cc4cc5cc(C)ccc5nc4s3)cc2)cc1OC. The van der Waals surface area contributed by atoms with Gasteiger partial charge < -0.3 is 14.8 Å². The van der Waals surface area contributed by atoms with Gasteiger partial charge in [-0.1, -0.05) is 23.8 Å². The highest BCUT2D eigenvalue weighted by Gasteiger charge is 2.13. The largest absolute Gasteiger partial charge is 0.493 e. The number of anilines is 1. The van der Waals surface area contributed by atoms with Crippen LogP contribution in [-0.4, -0.2) is 30.9 Å². The number of aromatic nitrogens is 1. The molecule has 0 spiro atoms. The third-order valence-corrected chi connectivity index (χ3v) is 6.99. The molecule has 37 heavy (non-hydrogen) atoms. The van der Waals surface area contributed by atoms with Crippen LogP contribution in [0.25, 0.3) is 27.2 Å². The van der Waals surface area contributed by atoms with Crippen molar-refractivity contribution in [1.82, 2.24) is 4.98 Å². The van der Waals surface area contributed by atoms with Gasteiger partial charge in [0.2, 0.25) is 0 Å². The Labute approximate surface area is 218 Å². The van der Waals surface area contributed by atoms with E-state index in [-0.39, 0.29) is 11.7 Å². The molecular weight excluding hydrogens is 484 g/mol. The van der Waals surface area contributed by atoms with Crippen LogP contribution in [0.5, 0.6) is 11.5 Å². The van der Waals surface area contributed by atoms with E-state index in [2.05, 4.69) is 17.4 Å². The smallest absolute Gasteiger partial charge is 0.265 e. The highest BCUT2D eigenvalue weighted by molar-refractivity contribution is 7.20. The molecule has 0 bridgehead atoms. The Bertz CT molecular complexity index is 1670. The first-order chi connectivity index (χ1) is 17.9. The summed E-state index contributed by atoms with van der Waals surface area (Å²) in [6.07, 6.45) is 3.23. The molecule has 2 aromatic heterocycles. The average molecular weight is 509 g/mol. The Morgan fingerprint density at radius 1 is 0.865 bits per heavy atom. The third kappa shape index (κ3) is 5.22. The molecule has 0 atom stereocenters. The monoisotopic (exact) mass is 508 g/mol. The molecular formula is C30H24N2O4S. The molecule has 5 aromatic rings. The van der Waals surface area contributed by atoms with Crippen molar-refractivity contribution in [3.8, 4) is 11.5 Å². The summed E-state index contributed by atoms with van der Waals surface area (Å²) >= 11 is 1.36. The van der Waals surface area contributed by atoms with Gasteiger partial charge in [-0.2, -0.15) is 0 Å². The normalized spacial score (nSPS) is 11.2. The van der Waals surface area contributed by atoms with E-state index in [0.717, 1.165) is 26.7 Å². The lowest BCUT2D eigenvalue weighted by molar-refractivity contribution is 0.102. The fraction of sp³-hybridized carbons (Fsp3) is 0.100. The van der Waals surface area contributed by atoms with Gasteiger partial charge in [0.1, 0.15) is 4.83 Å². The Hall–Kier alpha value is -4.49. The molecule has 1 amide bonds. The fourth-order valence-corrected chi connectivity index (χ4v) is 4.92. The lowest BCUT2D eigenvalue weighted by Crippen LogP contribution is -2.10. The quantitative estimate of drug-likeness (QED) is 0.191. The molecule has 0 aliphatic heterocycles. The van der Waals surface area contributed by atoms with E-state index in [0.29, 0.717) is 27.6 Å². The molecule has 0 saturated carbocycles. The minimum Gasteiger partial charge on any atom is -0.493 e. The molecule has 184 valence electrons. The second-order valence-electron chi connectivity index (χ2n) is 8.53. The summed E-state index contributed by atoms with van der Waals surface area (Å²) in [5.74, 6) is 0.857. The maximum atomic E-state index is 12.9. The van der Waals surface area contributed by atoms with Crippen LogP contribution in [0.4, 0.5) is 5.69 Å². The van der Waals surface area contributed by atoms with Gasteiger partial charge in [0, 0.05) is 22.0 Å². The van der Waals surface area contributed by atoms with Crippen LogP contribution in [0.3, 0.4) is 0 Å². The number of amides is 1. The first kappa shape index (κ1) is 24.2. The first-order valence-electron chi connectivity index (χ1n) is 11.6. The van der Waals surface area contributed by atoms with E-state index in [1.54, 1.807) is 56.7 Å². The van der Waals surface area contributed by atoms with Gasteiger partial charge in [-0.3, -0.25) is 9.59 Å². The first-order valence-corrected chi connectivity index (χ1v) is 12.4. The molecule has 7 heteroatoms. The number of ether oxygens (including phenoxy) is 2. The number of thiophene rings is 1. The van der Waals surface area contributed by atoms with E-state index in [1.807, 2.05) is 31.2 Å². The van der Waals surface area contributed by atoms with E-state index < -0.39 is 0 Å². The second kappa shape index (κ2) is 10.2. The van der Waals surface area contributed by atoms with Crippen molar-refractivity contribution < 1.29 is 19.1 Å². The number of aryl methyl sites for hydroxylation is 1. The standard InChI is InChI=1S/C30H24N2O4S/c1-18-4-11-24-21(14-18)16-22-17-28(37-30(22)32-24)29(34)31-23-9-7-20(8-10-23)25(33)12-5-19-6-13-26(35-2)27(15-19)36-3/h4-17H,1-3H3,(H,31,34)/b12-5+. The number of hydrogen-bond acceptors (Lipinski definition) is 6. The summed E-state index contributed by atoms with van der Waals surface area (Å²) in [5.41, 5.74) is 4.02. The van der Waals surface area contributed by atoms with Crippen molar-refractivity contribution in [2.45, 2.75) is 6.92 Å². The summed E-state index contributed by atoms with van der Waals surface area (Å²) in [4.78, 5) is 31.6. The minimum atomic E-state index is -0.212. The number of carbonyl (C=O) groups excluding carboxylic acids is 2.